The number of ether oxygens (including phenoxy) is 2. The smallest absolute Gasteiger partial charge is 0.290 e. The Morgan fingerprint density at radius 2 is 2.27 bits per heavy atom. The van der Waals surface area contributed by atoms with Gasteiger partial charge in [-0.3, -0.25) is 14.4 Å². The zero-order chi connectivity index (χ0) is 21.3. The fourth-order valence-electron chi connectivity index (χ4n) is 4.65. The van der Waals surface area contributed by atoms with Crippen molar-refractivity contribution in [1.29, 1.82) is 0 Å². The van der Waals surface area contributed by atoms with Crippen molar-refractivity contribution >= 4 is 29.3 Å². The van der Waals surface area contributed by atoms with E-state index in [1.165, 1.54) is 0 Å². The minimum Gasteiger partial charge on any atom is -0.483 e. The van der Waals surface area contributed by atoms with Gasteiger partial charge < -0.3 is 29.4 Å². The number of aromatic amines is 1. The summed E-state index contributed by atoms with van der Waals surface area (Å²) >= 11 is 0. The van der Waals surface area contributed by atoms with Crippen LogP contribution in [0.3, 0.4) is 0 Å². The molecule has 4 heterocycles. The van der Waals surface area contributed by atoms with Crippen molar-refractivity contribution in [2.75, 3.05) is 26.3 Å². The third kappa shape index (κ3) is 3.41. The maximum absolute atomic E-state index is 12.7. The highest BCUT2D eigenvalue weighted by Crippen LogP contribution is 2.45. The van der Waals surface area contributed by atoms with Crippen LogP contribution >= 0.6 is 0 Å². The van der Waals surface area contributed by atoms with Gasteiger partial charge in [-0.25, -0.2) is 4.98 Å². The van der Waals surface area contributed by atoms with E-state index in [9.17, 15) is 9.59 Å². The summed E-state index contributed by atoms with van der Waals surface area (Å²) in [7, 11) is 0. The van der Waals surface area contributed by atoms with Gasteiger partial charge >= 0.3 is 0 Å². The molecule has 2 atom stereocenters. The van der Waals surface area contributed by atoms with Crippen LogP contribution < -0.4 is 0 Å². The molecule has 5 rings (SSSR count). The van der Waals surface area contributed by atoms with Crippen LogP contribution in [-0.2, 0) is 30.5 Å². The first-order valence-corrected chi connectivity index (χ1v) is 9.83. The van der Waals surface area contributed by atoms with Crippen molar-refractivity contribution < 1.29 is 29.0 Å². The minimum atomic E-state index is -0.594. The van der Waals surface area contributed by atoms with Gasteiger partial charge in [0, 0.05) is 19.5 Å². The number of benzene rings is 1. The first-order valence-electron chi connectivity index (χ1n) is 9.83. The molecule has 0 aliphatic carbocycles. The van der Waals surface area contributed by atoms with Crippen LogP contribution in [0.15, 0.2) is 18.2 Å². The molecule has 3 aliphatic rings. The second kappa shape index (κ2) is 8.04. The summed E-state index contributed by atoms with van der Waals surface area (Å²) in [6.07, 6.45) is 1.02. The molecule has 0 bridgehead atoms. The molecule has 160 valence electrons. The summed E-state index contributed by atoms with van der Waals surface area (Å²) in [6.45, 7) is 3.76. The van der Waals surface area contributed by atoms with E-state index < -0.39 is 5.72 Å². The van der Waals surface area contributed by atoms with Crippen LogP contribution in [0.25, 0.3) is 11.0 Å². The summed E-state index contributed by atoms with van der Waals surface area (Å²) in [5, 5.41) is 6.89. The number of carbonyl (C=O) groups is 3. The van der Waals surface area contributed by atoms with Crippen molar-refractivity contribution in [3.05, 3.63) is 29.6 Å². The Kier molecular flexibility index (Phi) is 5.44. The molecule has 1 aromatic heterocycles. The Balaban J connectivity index is 0.000000687. The highest BCUT2D eigenvalue weighted by molar-refractivity contribution is 5.85. The number of nitrogens with zero attached hydrogens (tertiary/aromatic N) is 3. The van der Waals surface area contributed by atoms with E-state index in [0.717, 1.165) is 16.6 Å². The van der Waals surface area contributed by atoms with Crippen LogP contribution in [0.5, 0.6) is 0 Å². The Labute approximate surface area is 172 Å². The number of nitrogens with one attached hydrogen (secondary N) is 1. The zero-order valence-corrected chi connectivity index (χ0v) is 16.7. The van der Waals surface area contributed by atoms with Gasteiger partial charge in [-0.2, -0.15) is 0 Å². The van der Waals surface area contributed by atoms with E-state index in [-0.39, 0.29) is 37.5 Å². The SMILES string of the molecule is Cc1ccc2nc(COCC(=O)N3CC[C@@]45OCCN4C(=O)C[C@@H]35)[nH]c2c1.O=CO. The predicted molar refractivity (Wildman–Crippen MR) is 104 cm³/mol. The molecule has 30 heavy (non-hydrogen) atoms. The highest BCUT2D eigenvalue weighted by atomic mass is 16.5. The number of fused-ring (bicyclic) bond motifs is 1. The number of likely N-dealkylation sites (tertiary alicyclic amines) is 1. The number of hydrogen-bond acceptors (Lipinski definition) is 6. The molecular weight excluding hydrogens is 392 g/mol. The molecule has 3 aliphatic heterocycles. The first-order chi connectivity index (χ1) is 14.5. The van der Waals surface area contributed by atoms with Crippen molar-refractivity contribution in [3.8, 4) is 0 Å². The summed E-state index contributed by atoms with van der Waals surface area (Å²) in [4.78, 5) is 44.5. The molecule has 0 saturated carbocycles. The topological polar surface area (TPSA) is 125 Å². The van der Waals surface area contributed by atoms with Gasteiger partial charge in [0.25, 0.3) is 6.47 Å². The fourth-order valence-corrected chi connectivity index (χ4v) is 4.65. The van der Waals surface area contributed by atoms with Crippen molar-refractivity contribution in [1.82, 2.24) is 19.8 Å². The van der Waals surface area contributed by atoms with Crippen molar-refractivity contribution in [2.45, 2.75) is 38.1 Å². The lowest BCUT2D eigenvalue weighted by molar-refractivity contribution is -0.143. The highest BCUT2D eigenvalue weighted by Gasteiger charge is 2.62. The van der Waals surface area contributed by atoms with Gasteiger partial charge in [0.05, 0.1) is 30.1 Å². The third-order valence-electron chi connectivity index (χ3n) is 5.87. The fraction of sp³-hybridized carbons (Fsp3) is 0.500. The summed E-state index contributed by atoms with van der Waals surface area (Å²) in [6, 6.07) is 5.81. The van der Waals surface area contributed by atoms with E-state index >= 15 is 0 Å². The van der Waals surface area contributed by atoms with E-state index in [1.807, 2.05) is 30.0 Å². The van der Waals surface area contributed by atoms with E-state index in [4.69, 9.17) is 19.4 Å². The largest absolute Gasteiger partial charge is 0.483 e. The number of rotatable bonds is 4. The average Bonchev–Trinajstić information content (AvgIpc) is 3.43. The first kappa shape index (κ1) is 20.3. The van der Waals surface area contributed by atoms with Gasteiger partial charge in [0.2, 0.25) is 11.8 Å². The predicted octanol–water partition coefficient (Wildman–Crippen LogP) is 0.648. The van der Waals surface area contributed by atoms with Gasteiger partial charge in [-0.1, -0.05) is 6.07 Å². The Morgan fingerprint density at radius 3 is 3.07 bits per heavy atom. The quantitative estimate of drug-likeness (QED) is 0.701. The van der Waals surface area contributed by atoms with Gasteiger partial charge in [0.1, 0.15) is 19.0 Å². The average molecular weight is 416 g/mol. The molecule has 1 aromatic carbocycles. The summed E-state index contributed by atoms with van der Waals surface area (Å²) < 4.78 is 11.5. The molecule has 0 unspecified atom stereocenters. The molecule has 2 amide bonds. The van der Waals surface area contributed by atoms with Crippen LogP contribution in [0, 0.1) is 6.92 Å². The Morgan fingerprint density at radius 1 is 1.47 bits per heavy atom. The number of aromatic nitrogens is 2. The maximum atomic E-state index is 12.7. The van der Waals surface area contributed by atoms with Gasteiger partial charge in [-0.15, -0.1) is 0 Å². The third-order valence-corrected chi connectivity index (χ3v) is 5.87. The molecule has 3 saturated heterocycles. The lowest BCUT2D eigenvalue weighted by atomic mass is 10.1. The second-order valence-electron chi connectivity index (χ2n) is 7.60. The molecule has 2 N–H and O–H groups in total. The molecule has 3 fully saturated rings. The van der Waals surface area contributed by atoms with Crippen molar-refractivity contribution in [2.24, 2.45) is 0 Å². The van der Waals surface area contributed by atoms with Crippen LogP contribution in [0.1, 0.15) is 24.2 Å². The lowest BCUT2D eigenvalue weighted by Gasteiger charge is -2.31. The monoisotopic (exact) mass is 416 g/mol. The van der Waals surface area contributed by atoms with Gasteiger partial charge in [-0.05, 0) is 24.6 Å². The van der Waals surface area contributed by atoms with Crippen LogP contribution in [0.2, 0.25) is 0 Å². The molecule has 10 heteroatoms. The zero-order valence-electron chi connectivity index (χ0n) is 16.7. The maximum Gasteiger partial charge on any atom is 0.290 e. The standard InChI is InChI=1S/C19H22N4O4.CH2O2/c1-12-2-3-13-14(8-12)21-16(20-13)10-26-11-18(25)22-5-4-19-15(22)9-17(24)23(19)6-7-27-19;2-1-3/h2-3,8,15H,4-7,9-11H2,1H3,(H,20,21);1H,(H,2,3)/t15-,19+;/m1./s1. The van der Waals surface area contributed by atoms with E-state index in [0.29, 0.717) is 38.4 Å². The number of H-pyrrole nitrogens is 1. The number of amides is 2. The molecule has 2 aromatic rings. The van der Waals surface area contributed by atoms with Crippen molar-refractivity contribution in [3.63, 3.8) is 0 Å². The summed E-state index contributed by atoms with van der Waals surface area (Å²) in [5.74, 6) is 0.671. The van der Waals surface area contributed by atoms with E-state index in [1.54, 1.807) is 4.90 Å². The second-order valence-corrected chi connectivity index (χ2v) is 7.60. The molecular formula is C20H24N4O6. The van der Waals surface area contributed by atoms with Crippen LogP contribution in [0.4, 0.5) is 0 Å². The molecule has 1 spiro atoms. The number of imidazole rings is 1. The Hall–Kier alpha value is -2.98. The minimum absolute atomic E-state index is 0.0309. The lowest BCUT2D eigenvalue weighted by Crippen LogP contribution is -2.49. The molecule has 10 nitrogen and oxygen atoms in total. The van der Waals surface area contributed by atoms with Crippen LogP contribution in [-0.4, -0.2) is 81.2 Å². The number of aryl methyl sites for hydroxylation is 1. The Bertz CT molecular complexity index is 975. The normalized spacial score (nSPS) is 24.6. The van der Waals surface area contributed by atoms with E-state index in [2.05, 4.69) is 9.97 Å². The number of carbonyl (C=O) groups excluding carboxylic acids is 2. The van der Waals surface area contributed by atoms with Gasteiger partial charge in [0.15, 0.2) is 5.72 Å². The number of hydrogen-bond donors (Lipinski definition) is 2. The number of carboxylic acid groups (broad SMARTS) is 1. The summed E-state index contributed by atoms with van der Waals surface area (Å²) in [5.41, 5.74) is 2.41. The molecule has 0 radical (unpaired) electrons.